The predicted molar refractivity (Wildman–Crippen MR) is 131 cm³/mol. The molecule has 4 aromatic rings. The van der Waals surface area contributed by atoms with Crippen LogP contribution in [0.2, 0.25) is 0 Å². The summed E-state index contributed by atoms with van der Waals surface area (Å²) in [7, 11) is 0. The second-order valence-corrected chi connectivity index (χ2v) is 8.98. The Morgan fingerprint density at radius 2 is 1.69 bits per heavy atom. The summed E-state index contributed by atoms with van der Waals surface area (Å²) in [5.41, 5.74) is 3.89. The highest BCUT2D eigenvalue weighted by atomic mass is 16.7. The van der Waals surface area contributed by atoms with Crippen molar-refractivity contribution in [1.82, 2.24) is 24.1 Å². The summed E-state index contributed by atoms with van der Waals surface area (Å²) in [4.78, 5) is 17.9. The fourth-order valence-electron chi connectivity index (χ4n) is 4.67. The number of ether oxygens (including phenoxy) is 2. The van der Waals surface area contributed by atoms with Gasteiger partial charge in [-0.25, -0.2) is 4.68 Å². The van der Waals surface area contributed by atoms with Crippen molar-refractivity contribution < 1.29 is 14.3 Å². The molecule has 0 unspecified atom stereocenters. The number of rotatable bonds is 5. The molecule has 0 aliphatic carbocycles. The van der Waals surface area contributed by atoms with Gasteiger partial charge in [-0.2, -0.15) is 5.10 Å². The van der Waals surface area contributed by atoms with Gasteiger partial charge < -0.3 is 18.9 Å². The Bertz CT molecular complexity index is 1340. The number of aryl methyl sites for hydroxylation is 1. The molecule has 8 heteroatoms. The summed E-state index contributed by atoms with van der Waals surface area (Å²) in [6.45, 7) is 6.12. The van der Waals surface area contributed by atoms with E-state index in [1.54, 1.807) is 6.20 Å². The summed E-state index contributed by atoms with van der Waals surface area (Å²) < 4.78 is 14.7. The molecule has 0 atom stereocenters. The first-order valence-corrected chi connectivity index (χ1v) is 11.8. The van der Waals surface area contributed by atoms with Crippen LogP contribution in [-0.2, 0) is 6.54 Å². The van der Waals surface area contributed by atoms with Gasteiger partial charge in [0.2, 0.25) is 6.79 Å². The summed E-state index contributed by atoms with van der Waals surface area (Å²) in [5, 5.41) is 4.60. The number of nitrogens with zero attached hydrogens (tertiary/aromatic N) is 5. The maximum absolute atomic E-state index is 13.6. The highest BCUT2D eigenvalue weighted by Crippen LogP contribution is 2.33. The molecule has 2 aliphatic heterocycles. The molecule has 1 fully saturated rings. The van der Waals surface area contributed by atoms with Crippen LogP contribution in [0.5, 0.6) is 11.5 Å². The number of fused-ring (bicyclic) bond motifs is 1. The van der Waals surface area contributed by atoms with Gasteiger partial charge in [-0.3, -0.25) is 9.69 Å². The third kappa shape index (κ3) is 4.17. The first-order valence-electron chi connectivity index (χ1n) is 11.8. The number of benzene rings is 2. The minimum Gasteiger partial charge on any atom is -0.454 e. The molecule has 0 radical (unpaired) electrons. The molecular formula is C27H27N5O3. The van der Waals surface area contributed by atoms with E-state index in [4.69, 9.17) is 9.47 Å². The van der Waals surface area contributed by atoms with Gasteiger partial charge in [-0.05, 0) is 48.9 Å². The van der Waals surface area contributed by atoms with Crippen LogP contribution in [0.25, 0.3) is 11.5 Å². The first kappa shape index (κ1) is 21.5. The standard InChI is InChI=1S/C27H27N5O3/c1-20-4-7-22(8-5-20)32-26(30-10-2-3-11-30)23(17-28-32)27(33)31-14-12-29(13-15-31)18-21-6-9-24-25(16-21)35-19-34-24/h2-11,16-17H,12-15,18-19H2,1H3. The van der Waals surface area contributed by atoms with Gasteiger partial charge in [-0.15, -0.1) is 0 Å². The Morgan fingerprint density at radius 3 is 2.46 bits per heavy atom. The SMILES string of the molecule is Cc1ccc(-n2ncc(C(=O)N3CCN(Cc4ccc5c(c4)OCO5)CC3)c2-n2cccc2)cc1. The van der Waals surface area contributed by atoms with Crippen molar-refractivity contribution >= 4 is 5.91 Å². The van der Waals surface area contributed by atoms with Crippen LogP contribution in [0.1, 0.15) is 21.5 Å². The van der Waals surface area contributed by atoms with Crippen LogP contribution >= 0.6 is 0 Å². The number of hydrogen-bond acceptors (Lipinski definition) is 5. The molecule has 0 N–H and O–H groups in total. The van der Waals surface area contributed by atoms with E-state index in [2.05, 4.69) is 35.1 Å². The van der Waals surface area contributed by atoms with E-state index < -0.39 is 0 Å². The summed E-state index contributed by atoms with van der Waals surface area (Å²) in [5.74, 6) is 2.37. The maximum Gasteiger partial charge on any atom is 0.259 e. The fourth-order valence-corrected chi connectivity index (χ4v) is 4.67. The van der Waals surface area contributed by atoms with Gasteiger partial charge in [0.05, 0.1) is 11.9 Å². The van der Waals surface area contributed by atoms with Crippen molar-refractivity contribution in [1.29, 1.82) is 0 Å². The van der Waals surface area contributed by atoms with E-state index in [1.807, 2.05) is 62.9 Å². The Morgan fingerprint density at radius 1 is 0.943 bits per heavy atom. The van der Waals surface area contributed by atoms with E-state index in [1.165, 1.54) is 11.1 Å². The summed E-state index contributed by atoms with van der Waals surface area (Å²) in [6, 6.07) is 18.2. The van der Waals surface area contributed by atoms with Gasteiger partial charge >= 0.3 is 0 Å². The lowest BCUT2D eigenvalue weighted by atomic mass is 10.1. The van der Waals surface area contributed by atoms with Gasteiger partial charge in [0.25, 0.3) is 5.91 Å². The van der Waals surface area contributed by atoms with Crippen molar-refractivity contribution in [2.24, 2.45) is 0 Å². The molecule has 8 nitrogen and oxygen atoms in total. The number of aromatic nitrogens is 3. The van der Waals surface area contributed by atoms with Gasteiger partial charge in [0, 0.05) is 45.1 Å². The second kappa shape index (κ2) is 8.96. The molecule has 2 aliphatic rings. The molecule has 1 amide bonds. The van der Waals surface area contributed by atoms with Gasteiger partial charge in [-0.1, -0.05) is 23.8 Å². The minimum atomic E-state index is 0.00907. The van der Waals surface area contributed by atoms with Crippen LogP contribution in [0, 0.1) is 6.92 Å². The maximum atomic E-state index is 13.6. The number of hydrogen-bond donors (Lipinski definition) is 0. The van der Waals surface area contributed by atoms with E-state index in [0.717, 1.165) is 42.6 Å². The molecule has 0 spiro atoms. The highest BCUT2D eigenvalue weighted by molar-refractivity contribution is 5.97. The minimum absolute atomic E-state index is 0.00907. The third-order valence-electron chi connectivity index (χ3n) is 6.60. The zero-order chi connectivity index (χ0) is 23.8. The smallest absolute Gasteiger partial charge is 0.259 e. The molecule has 35 heavy (non-hydrogen) atoms. The van der Waals surface area contributed by atoms with Crippen LogP contribution in [-0.4, -0.2) is 63.0 Å². The van der Waals surface area contributed by atoms with Crippen LogP contribution in [0.4, 0.5) is 0 Å². The van der Waals surface area contributed by atoms with Crippen LogP contribution < -0.4 is 9.47 Å². The van der Waals surface area contributed by atoms with Crippen LogP contribution in [0.15, 0.2) is 73.2 Å². The summed E-state index contributed by atoms with van der Waals surface area (Å²) >= 11 is 0. The lowest BCUT2D eigenvalue weighted by Crippen LogP contribution is -2.48. The number of piperazine rings is 1. The normalized spacial score (nSPS) is 15.5. The predicted octanol–water partition coefficient (Wildman–Crippen LogP) is 3.66. The first-order chi connectivity index (χ1) is 17.2. The van der Waals surface area contributed by atoms with E-state index in [-0.39, 0.29) is 12.7 Å². The Balaban J connectivity index is 1.19. The third-order valence-corrected chi connectivity index (χ3v) is 6.60. The Kier molecular flexibility index (Phi) is 5.50. The number of carbonyl (C=O) groups is 1. The van der Waals surface area contributed by atoms with Gasteiger partial charge in [0.15, 0.2) is 17.3 Å². The highest BCUT2D eigenvalue weighted by Gasteiger charge is 2.27. The van der Waals surface area contributed by atoms with E-state index >= 15 is 0 Å². The molecule has 4 heterocycles. The van der Waals surface area contributed by atoms with E-state index in [9.17, 15) is 4.79 Å². The zero-order valence-corrected chi connectivity index (χ0v) is 19.6. The quantitative estimate of drug-likeness (QED) is 0.446. The number of amides is 1. The topological polar surface area (TPSA) is 64.8 Å². The Labute approximate surface area is 203 Å². The fraction of sp³-hybridized carbons (Fsp3) is 0.259. The van der Waals surface area contributed by atoms with Crippen molar-refractivity contribution in [2.45, 2.75) is 13.5 Å². The summed E-state index contributed by atoms with van der Waals surface area (Å²) in [6.07, 6.45) is 5.58. The molecule has 0 saturated carbocycles. The number of carbonyl (C=O) groups excluding carboxylic acids is 1. The van der Waals surface area contributed by atoms with Crippen molar-refractivity contribution in [3.8, 4) is 23.0 Å². The molecule has 178 valence electrons. The second-order valence-electron chi connectivity index (χ2n) is 8.98. The molecular weight excluding hydrogens is 442 g/mol. The van der Waals surface area contributed by atoms with Crippen molar-refractivity contribution in [3.05, 3.63) is 89.9 Å². The van der Waals surface area contributed by atoms with Crippen molar-refractivity contribution in [3.63, 3.8) is 0 Å². The van der Waals surface area contributed by atoms with Crippen molar-refractivity contribution in [2.75, 3.05) is 33.0 Å². The average molecular weight is 470 g/mol. The zero-order valence-electron chi connectivity index (χ0n) is 19.6. The monoisotopic (exact) mass is 469 g/mol. The Hall–Kier alpha value is -4.04. The lowest BCUT2D eigenvalue weighted by molar-refractivity contribution is 0.0628. The molecule has 6 rings (SSSR count). The van der Waals surface area contributed by atoms with Gasteiger partial charge in [0.1, 0.15) is 5.56 Å². The molecule has 2 aromatic carbocycles. The lowest BCUT2D eigenvalue weighted by Gasteiger charge is -2.34. The molecule has 1 saturated heterocycles. The average Bonchev–Trinajstić information content (AvgIpc) is 3.64. The molecule has 2 aromatic heterocycles. The van der Waals surface area contributed by atoms with Crippen LogP contribution in [0.3, 0.4) is 0 Å². The van der Waals surface area contributed by atoms with E-state index in [0.29, 0.717) is 18.7 Å². The largest absolute Gasteiger partial charge is 0.454 e. The molecule has 0 bridgehead atoms.